The van der Waals surface area contributed by atoms with E-state index in [-0.39, 0.29) is 22.6 Å². The summed E-state index contributed by atoms with van der Waals surface area (Å²) in [6.45, 7) is 0. The molecule has 7 nitrogen and oxygen atoms in total. The van der Waals surface area contributed by atoms with Crippen LogP contribution in [0.1, 0.15) is 40.7 Å². The average Bonchev–Trinajstić information content (AvgIpc) is 2.75. The lowest BCUT2D eigenvalue weighted by molar-refractivity contribution is -0.123. The van der Waals surface area contributed by atoms with Crippen molar-refractivity contribution in [3.05, 3.63) is 58.9 Å². The summed E-state index contributed by atoms with van der Waals surface area (Å²) in [7, 11) is 1.41. The molecule has 31 heavy (non-hydrogen) atoms. The fourth-order valence-electron chi connectivity index (χ4n) is 3.53. The van der Waals surface area contributed by atoms with Crippen LogP contribution in [0.3, 0.4) is 0 Å². The van der Waals surface area contributed by atoms with E-state index in [9.17, 15) is 19.2 Å². The van der Waals surface area contributed by atoms with Crippen LogP contribution < -0.4 is 15.5 Å². The van der Waals surface area contributed by atoms with E-state index < -0.39 is 17.3 Å². The van der Waals surface area contributed by atoms with E-state index >= 15 is 0 Å². The molecule has 1 saturated carbocycles. The number of benzene rings is 2. The molecule has 0 unspecified atom stereocenters. The van der Waals surface area contributed by atoms with Gasteiger partial charge in [-0.15, -0.1) is 0 Å². The van der Waals surface area contributed by atoms with Gasteiger partial charge < -0.3 is 15.5 Å². The number of hydrogen-bond donors (Lipinski definition) is 2. The van der Waals surface area contributed by atoms with Gasteiger partial charge in [-0.2, -0.15) is 10.5 Å². The van der Waals surface area contributed by atoms with E-state index in [1.54, 1.807) is 12.1 Å². The summed E-state index contributed by atoms with van der Waals surface area (Å²) in [5.41, 5.74) is 1.26. The summed E-state index contributed by atoms with van der Waals surface area (Å²) in [5.74, 6) is -1.63. The van der Waals surface area contributed by atoms with Gasteiger partial charge in [0.1, 0.15) is 23.5 Å². The minimum Gasteiger partial charge on any atom is -0.355 e. The zero-order valence-corrected chi connectivity index (χ0v) is 17.4. The number of amides is 2. The number of nitriles is 2. The van der Waals surface area contributed by atoms with E-state index in [1.165, 1.54) is 41.7 Å². The van der Waals surface area contributed by atoms with Gasteiger partial charge >= 0.3 is 0 Å². The number of carbonyl (C=O) groups excluding carboxylic acids is 2. The molecule has 0 spiro atoms. The molecule has 1 fully saturated rings. The lowest BCUT2D eigenvalue weighted by atomic mass is 9.74. The maximum atomic E-state index is 14.5. The van der Waals surface area contributed by atoms with E-state index in [0.717, 1.165) is 6.42 Å². The molecular weight excluding hydrogens is 417 g/mol. The van der Waals surface area contributed by atoms with Crippen molar-refractivity contribution in [2.24, 2.45) is 0 Å². The monoisotopic (exact) mass is 435 g/mol. The maximum Gasteiger partial charge on any atom is 0.253 e. The quantitative estimate of drug-likeness (QED) is 0.674. The highest BCUT2D eigenvalue weighted by molar-refractivity contribution is 7.79. The lowest BCUT2D eigenvalue weighted by Crippen LogP contribution is -2.61. The van der Waals surface area contributed by atoms with Crippen LogP contribution in [0.25, 0.3) is 0 Å². The van der Waals surface area contributed by atoms with Crippen molar-refractivity contribution in [1.29, 1.82) is 10.5 Å². The van der Waals surface area contributed by atoms with E-state index in [1.807, 2.05) is 12.1 Å². The Bertz CT molecular complexity index is 1150. The van der Waals surface area contributed by atoms with Crippen LogP contribution in [0, 0.1) is 28.5 Å². The topological polar surface area (TPSA) is 109 Å². The Hall–Kier alpha value is -3.82. The molecule has 0 heterocycles. The van der Waals surface area contributed by atoms with Crippen molar-refractivity contribution < 1.29 is 14.0 Å². The second kappa shape index (κ2) is 8.90. The van der Waals surface area contributed by atoms with Crippen molar-refractivity contribution in [2.75, 3.05) is 17.3 Å². The third-order valence-corrected chi connectivity index (χ3v) is 5.60. The Labute approximate surface area is 184 Å². The molecule has 0 bridgehead atoms. The van der Waals surface area contributed by atoms with Crippen molar-refractivity contribution >= 4 is 40.9 Å². The molecule has 156 valence electrons. The van der Waals surface area contributed by atoms with Crippen LogP contribution in [0.5, 0.6) is 0 Å². The Morgan fingerprint density at radius 2 is 1.87 bits per heavy atom. The first-order valence-electron chi connectivity index (χ1n) is 9.42. The number of nitrogens with one attached hydrogen (secondary N) is 2. The predicted molar refractivity (Wildman–Crippen MR) is 117 cm³/mol. The summed E-state index contributed by atoms with van der Waals surface area (Å²) < 4.78 is 14.5. The molecule has 2 N–H and O–H groups in total. The zero-order valence-electron chi connectivity index (χ0n) is 16.6. The number of nitrogens with zero attached hydrogens (tertiary/aromatic N) is 3. The summed E-state index contributed by atoms with van der Waals surface area (Å²) >= 11 is 5.15. The van der Waals surface area contributed by atoms with Gasteiger partial charge in [-0.1, -0.05) is 12.2 Å². The highest BCUT2D eigenvalue weighted by Crippen LogP contribution is 2.41. The molecule has 1 aliphatic carbocycles. The second-order valence-electron chi connectivity index (χ2n) is 7.04. The fraction of sp³-hybridized carbons (Fsp3) is 0.227. The summed E-state index contributed by atoms with van der Waals surface area (Å²) in [5, 5.41) is 23.4. The zero-order chi connectivity index (χ0) is 22.6. The first-order valence-corrected chi connectivity index (χ1v) is 9.89. The van der Waals surface area contributed by atoms with Crippen LogP contribution >= 0.6 is 12.2 Å². The van der Waals surface area contributed by atoms with Crippen molar-refractivity contribution in [3.8, 4) is 12.1 Å². The van der Waals surface area contributed by atoms with Crippen molar-refractivity contribution in [2.45, 2.75) is 24.8 Å². The molecule has 9 heteroatoms. The van der Waals surface area contributed by atoms with E-state index in [2.05, 4.69) is 10.6 Å². The molecule has 0 radical (unpaired) electrons. The summed E-state index contributed by atoms with van der Waals surface area (Å²) in [4.78, 5) is 26.5. The normalized spacial score (nSPS) is 13.7. The number of halogens is 1. The van der Waals surface area contributed by atoms with Crippen molar-refractivity contribution in [3.63, 3.8) is 0 Å². The average molecular weight is 435 g/mol. The number of hydrogen-bond acceptors (Lipinski definition) is 5. The molecule has 0 saturated heterocycles. The van der Waals surface area contributed by atoms with Gasteiger partial charge in [-0.3, -0.25) is 9.59 Å². The third kappa shape index (κ3) is 3.96. The van der Waals surface area contributed by atoms with Crippen LogP contribution in [-0.2, 0) is 4.79 Å². The Kier molecular flexibility index (Phi) is 6.28. The van der Waals surface area contributed by atoms with E-state index in [0.29, 0.717) is 24.2 Å². The Morgan fingerprint density at radius 1 is 1.16 bits per heavy atom. The molecule has 0 aromatic heterocycles. The summed E-state index contributed by atoms with van der Waals surface area (Å²) in [6, 6.07) is 12.4. The summed E-state index contributed by atoms with van der Waals surface area (Å²) in [6.07, 6.45) is 1.76. The molecule has 2 aromatic rings. The standard InChI is InChI=1S/C22H18FN5O2S/c1-26-20(29)18-6-5-17(10-19(18)23)28(13-31)22(7-2-8-22)21(30)27-16-4-3-14(11-24)15(9-16)12-25/h3-6,9-10,13H,2,7-8H2,1H3,(H,26,29)(H,27,30). The highest BCUT2D eigenvalue weighted by Gasteiger charge is 2.49. The number of thiocarbonyl (C=S) groups is 1. The van der Waals surface area contributed by atoms with Crippen LogP contribution in [-0.4, -0.2) is 29.9 Å². The van der Waals surface area contributed by atoms with Crippen LogP contribution in [0.4, 0.5) is 15.8 Å². The first kappa shape index (κ1) is 21.9. The van der Waals surface area contributed by atoms with Crippen molar-refractivity contribution in [1.82, 2.24) is 5.32 Å². The molecule has 0 aliphatic heterocycles. The third-order valence-electron chi connectivity index (χ3n) is 5.39. The maximum absolute atomic E-state index is 14.5. The minimum atomic E-state index is -1.02. The number of rotatable bonds is 6. The SMILES string of the molecule is CNC(=O)c1ccc(N(C=S)C2(C(=O)Nc3ccc(C#N)c(C#N)c3)CCC2)cc1F. The van der Waals surface area contributed by atoms with Gasteiger partial charge in [0.2, 0.25) is 0 Å². The molecule has 0 atom stereocenters. The first-order chi connectivity index (χ1) is 14.9. The number of carbonyl (C=O) groups is 2. The van der Waals surface area contributed by atoms with Crippen LogP contribution in [0.15, 0.2) is 36.4 Å². The highest BCUT2D eigenvalue weighted by atomic mass is 32.1. The Balaban J connectivity index is 1.92. The molecule has 2 aromatic carbocycles. The predicted octanol–water partition coefficient (Wildman–Crippen LogP) is 3.25. The second-order valence-corrected chi connectivity index (χ2v) is 7.25. The largest absolute Gasteiger partial charge is 0.355 e. The molecular formula is C22H18FN5O2S. The van der Waals surface area contributed by atoms with E-state index in [4.69, 9.17) is 17.5 Å². The molecule has 1 aliphatic rings. The molecule has 2 amide bonds. The van der Waals surface area contributed by atoms with Gasteiger partial charge in [0, 0.05) is 18.4 Å². The van der Waals surface area contributed by atoms with Gasteiger partial charge in [0.25, 0.3) is 11.8 Å². The fourth-order valence-corrected chi connectivity index (χ4v) is 3.85. The van der Waals surface area contributed by atoms with Gasteiger partial charge in [-0.25, -0.2) is 4.39 Å². The Morgan fingerprint density at radius 3 is 2.39 bits per heavy atom. The lowest BCUT2D eigenvalue weighted by Gasteiger charge is -2.47. The smallest absolute Gasteiger partial charge is 0.253 e. The van der Waals surface area contributed by atoms with Gasteiger partial charge in [0.15, 0.2) is 0 Å². The minimum absolute atomic E-state index is 0.107. The van der Waals surface area contributed by atoms with Gasteiger partial charge in [-0.05, 0) is 55.7 Å². The van der Waals surface area contributed by atoms with Gasteiger partial charge in [0.05, 0.1) is 22.2 Å². The molecule has 3 rings (SSSR count). The number of anilines is 2. The van der Waals surface area contributed by atoms with Crippen LogP contribution in [0.2, 0.25) is 0 Å².